The highest BCUT2D eigenvalue weighted by atomic mass is 35.5. The van der Waals surface area contributed by atoms with Crippen LogP contribution in [0.4, 0.5) is 10.5 Å². The van der Waals surface area contributed by atoms with Gasteiger partial charge in [-0.05, 0) is 38.5 Å². The lowest BCUT2D eigenvalue weighted by Gasteiger charge is -2.15. The number of ether oxygens (including phenoxy) is 1. The molecule has 110 valence electrons. The fourth-order valence-electron chi connectivity index (χ4n) is 1.63. The second-order valence-electron chi connectivity index (χ2n) is 4.47. The lowest BCUT2D eigenvalue weighted by atomic mass is 10.2. The highest BCUT2D eigenvalue weighted by Gasteiger charge is 2.13. The second kappa shape index (κ2) is 7.75. The largest absolute Gasteiger partial charge is 0.466 e. The Labute approximate surface area is 123 Å². The van der Waals surface area contributed by atoms with Crippen LogP contribution in [0.15, 0.2) is 18.2 Å². The van der Waals surface area contributed by atoms with Crippen molar-refractivity contribution in [1.82, 2.24) is 5.32 Å². The maximum absolute atomic E-state index is 11.8. The average Bonchev–Trinajstić information content (AvgIpc) is 2.33. The standard InChI is InChI=1S/C14H19ClN2O3/c1-4-20-13(18)7-10(3)16-14(19)17-12-8-11(15)6-5-9(12)2/h5-6,8,10H,4,7H2,1-3H3,(H2,16,17,19). The highest BCUT2D eigenvalue weighted by Crippen LogP contribution is 2.19. The van der Waals surface area contributed by atoms with Crippen LogP contribution < -0.4 is 10.6 Å². The number of hydrogen-bond donors (Lipinski definition) is 2. The van der Waals surface area contributed by atoms with E-state index in [-0.39, 0.29) is 24.5 Å². The molecule has 2 amide bonds. The van der Waals surface area contributed by atoms with Gasteiger partial charge in [0.1, 0.15) is 0 Å². The summed E-state index contributed by atoms with van der Waals surface area (Å²) in [7, 11) is 0. The molecule has 1 rings (SSSR count). The third-order valence-electron chi connectivity index (χ3n) is 2.60. The number of esters is 1. The number of aryl methyl sites for hydroxylation is 1. The summed E-state index contributed by atoms with van der Waals surface area (Å²) in [6.45, 7) is 5.68. The zero-order valence-corrected chi connectivity index (χ0v) is 12.6. The Bertz CT molecular complexity index is 491. The minimum Gasteiger partial charge on any atom is -0.466 e. The number of carbonyl (C=O) groups excluding carboxylic acids is 2. The third kappa shape index (κ3) is 5.48. The van der Waals surface area contributed by atoms with Gasteiger partial charge in [0.05, 0.1) is 13.0 Å². The SMILES string of the molecule is CCOC(=O)CC(C)NC(=O)Nc1cc(Cl)ccc1C. The fraction of sp³-hybridized carbons (Fsp3) is 0.429. The summed E-state index contributed by atoms with van der Waals surface area (Å²) >= 11 is 5.88. The van der Waals surface area contributed by atoms with Crippen LogP contribution in [0, 0.1) is 6.92 Å². The molecule has 6 heteroatoms. The van der Waals surface area contributed by atoms with Gasteiger partial charge in [-0.3, -0.25) is 4.79 Å². The van der Waals surface area contributed by atoms with Crippen molar-refractivity contribution in [2.45, 2.75) is 33.2 Å². The summed E-state index contributed by atoms with van der Waals surface area (Å²) in [5.41, 5.74) is 1.54. The Morgan fingerprint density at radius 1 is 1.40 bits per heavy atom. The lowest BCUT2D eigenvalue weighted by Crippen LogP contribution is -2.37. The quantitative estimate of drug-likeness (QED) is 0.821. The first-order chi connectivity index (χ1) is 9.42. The monoisotopic (exact) mass is 298 g/mol. The Kier molecular flexibility index (Phi) is 6.31. The molecule has 0 radical (unpaired) electrons. The van der Waals surface area contributed by atoms with Gasteiger partial charge in [-0.2, -0.15) is 0 Å². The van der Waals surface area contributed by atoms with Crippen molar-refractivity contribution in [3.63, 3.8) is 0 Å². The van der Waals surface area contributed by atoms with E-state index in [9.17, 15) is 9.59 Å². The summed E-state index contributed by atoms with van der Waals surface area (Å²) in [5.74, 6) is -0.334. The van der Waals surface area contributed by atoms with Crippen molar-refractivity contribution >= 4 is 29.3 Å². The van der Waals surface area contributed by atoms with Crippen molar-refractivity contribution in [1.29, 1.82) is 0 Å². The molecule has 0 aliphatic rings. The Balaban J connectivity index is 2.51. The number of anilines is 1. The maximum Gasteiger partial charge on any atom is 0.319 e. The molecule has 0 bridgehead atoms. The van der Waals surface area contributed by atoms with E-state index in [1.165, 1.54) is 0 Å². The molecule has 1 atom stereocenters. The van der Waals surface area contributed by atoms with E-state index < -0.39 is 0 Å². The van der Waals surface area contributed by atoms with E-state index in [2.05, 4.69) is 10.6 Å². The predicted octanol–water partition coefficient (Wildman–Crippen LogP) is 3.11. The van der Waals surface area contributed by atoms with Crippen molar-refractivity contribution < 1.29 is 14.3 Å². The summed E-state index contributed by atoms with van der Waals surface area (Å²) in [5, 5.41) is 5.92. The first-order valence-corrected chi connectivity index (χ1v) is 6.79. The molecule has 0 saturated heterocycles. The van der Waals surface area contributed by atoms with E-state index in [4.69, 9.17) is 16.3 Å². The number of urea groups is 1. The number of carbonyl (C=O) groups is 2. The van der Waals surface area contributed by atoms with Crippen LogP contribution in [0.3, 0.4) is 0 Å². The Hall–Kier alpha value is -1.75. The Morgan fingerprint density at radius 2 is 2.10 bits per heavy atom. The van der Waals surface area contributed by atoms with Crippen LogP contribution >= 0.6 is 11.6 Å². The smallest absolute Gasteiger partial charge is 0.319 e. The van der Waals surface area contributed by atoms with Crippen LogP contribution in [0.25, 0.3) is 0 Å². The zero-order chi connectivity index (χ0) is 15.1. The van der Waals surface area contributed by atoms with E-state index in [1.54, 1.807) is 26.0 Å². The van der Waals surface area contributed by atoms with Crippen molar-refractivity contribution in [3.8, 4) is 0 Å². The van der Waals surface area contributed by atoms with E-state index >= 15 is 0 Å². The van der Waals surface area contributed by atoms with Crippen molar-refractivity contribution in [2.75, 3.05) is 11.9 Å². The van der Waals surface area contributed by atoms with Gasteiger partial charge in [0.15, 0.2) is 0 Å². The van der Waals surface area contributed by atoms with Gasteiger partial charge in [0.2, 0.25) is 0 Å². The molecule has 20 heavy (non-hydrogen) atoms. The molecule has 0 spiro atoms. The minimum atomic E-state index is -0.382. The van der Waals surface area contributed by atoms with E-state index in [0.717, 1.165) is 5.56 Å². The molecule has 5 nitrogen and oxygen atoms in total. The Morgan fingerprint density at radius 3 is 2.75 bits per heavy atom. The first kappa shape index (κ1) is 16.3. The molecule has 0 aliphatic heterocycles. The van der Waals surface area contributed by atoms with E-state index in [0.29, 0.717) is 17.3 Å². The van der Waals surface area contributed by atoms with Crippen molar-refractivity contribution in [3.05, 3.63) is 28.8 Å². The molecular weight excluding hydrogens is 280 g/mol. The first-order valence-electron chi connectivity index (χ1n) is 6.41. The maximum atomic E-state index is 11.8. The summed E-state index contributed by atoms with van der Waals surface area (Å²) in [6.07, 6.45) is 0.135. The van der Waals surface area contributed by atoms with Crippen LogP contribution in [-0.4, -0.2) is 24.6 Å². The number of benzene rings is 1. The van der Waals surface area contributed by atoms with Gasteiger partial charge in [0, 0.05) is 16.8 Å². The van der Waals surface area contributed by atoms with E-state index in [1.807, 2.05) is 13.0 Å². The van der Waals surface area contributed by atoms with Crippen LogP contribution in [-0.2, 0) is 9.53 Å². The molecular formula is C14H19ClN2O3. The van der Waals surface area contributed by atoms with Crippen LogP contribution in [0.1, 0.15) is 25.8 Å². The lowest BCUT2D eigenvalue weighted by molar-refractivity contribution is -0.143. The molecule has 0 aromatic heterocycles. The normalized spacial score (nSPS) is 11.6. The molecule has 0 fully saturated rings. The molecule has 1 aromatic rings. The molecule has 0 saturated carbocycles. The predicted molar refractivity (Wildman–Crippen MR) is 79.1 cm³/mol. The summed E-state index contributed by atoms with van der Waals surface area (Å²) < 4.78 is 4.82. The van der Waals surface area contributed by atoms with Gasteiger partial charge in [-0.15, -0.1) is 0 Å². The second-order valence-corrected chi connectivity index (χ2v) is 4.90. The van der Waals surface area contributed by atoms with Gasteiger partial charge >= 0.3 is 12.0 Å². The van der Waals surface area contributed by atoms with Gasteiger partial charge in [0.25, 0.3) is 0 Å². The van der Waals surface area contributed by atoms with Gasteiger partial charge in [-0.25, -0.2) is 4.79 Å². The average molecular weight is 299 g/mol. The molecule has 1 aromatic carbocycles. The molecule has 0 aliphatic carbocycles. The zero-order valence-electron chi connectivity index (χ0n) is 11.8. The molecule has 0 heterocycles. The minimum absolute atomic E-state index is 0.135. The van der Waals surface area contributed by atoms with Crippen LogP contribution in [0.2, 0.25) is 5.02 Å². The van der Waals surface area contributed by atoms with Crippen LogP contribution in [0.5, 0.6) is 0 Å². The number of amides is 2. The topological polar surface area (TPSA) is 67.4 Å². The van der Waals surface area contributed by atoms with Crippen molar-refractivity contribution in [2.24, 2.45) is 0 Å². The van der Waals surface area contributed by atoms with Gasteiger partial charge < -0.3 is 15.4 Å². The van der Waals surface area contributed by atoms with Gasteiger partial charge in [-0.1, -0.05) is 17.7 Å². The third-order valence-corrected chi connectivity index (χ3v) is 2.84. The number of rotatable bonds is 5. The summed E-state index contributed by atoms with van der Waals surface area (Å²) in [4.78, 5) is 23.1. The number of nitrogens with one attached hydrogen (secondary N) is 2. The summed E-state index contributed by atoms with van der Waals surface area (Å²) in [6, 6.07) is 4.55. The number of halogens is 1. The molecule has 1 unspecified atom stereocenters. The number of hydrogen-bond acceptors (Lipinski definition) is 3. The molecule has 2 N–H and O–H groups in total. The fourth-order valence-corrected chi connectivity index (χ4v) is 1.80. The highest BCUT2D eigenvalue weighted by molar-refractivity contribution is 6.31.